The molecule has 0 radical (unpaired) electrons. The van der Waals surface area contributed by atoms with Gasteiger partial charge < -0.3 is 10.1 Å². The van der Waals surface area contributed by atoms with Crippen molar-refractivity contribution in [2.75, 3.05) is 18.5 Å². The number of amides is 1. The number of carbonyl (C=O) groups excluding carboxylic acids is 1. The Bertz CT molecular complexity index is 932. The quantitative estimate of drug-likeness (QED) is 0.739. The van der Waals surface area contributed by atoms with Gasteiger partial charge in [0.1, 0.15) is 5.75 Å². The lowest BCUT2D eigenvalue weighted by Gasteiger charge is -2.22. The topological polar surface area (TPSA) is 75.7 Å². The van der Waals surface area contributed by atoms with Crippen molar-refractivity contribution in [3.8, 4) is 5.75 Å². The van der Waals surface area contributed by atoms with E-state index < -0.39 is 10.0 Å². The van der Waals surface area contributed by atoms with Crippen LogP contribution in [0.3, 0.4) is 0 Å². The number of carbonyl (C=O) groups is 1. The maximum atomic E-state index is 12.9. The van der Waals surface area contributed by atoms with E-state index in [0.29, 0.717) is 17.0 Å². The minimum absolute atomic E-state index is 0.104. The Morgan fingerprint density at radius 2 is 1.50 bits per heavy atom. The Balaban J connectivity index is 1.68. The molecule has 6 nitrogen and oxygen atoms in total. The van der Waals surface area contributed by atoms with Crippen molar-refractivity contribution in [2.24, 2.45) is 0 Å². The van der Waals surface area contributed by atoms with Gasteiger partial charge in [-0.1, -0.05) is 32.1 Å². The summed E-state index contributed by atoms with van der Waals surface area (Å²) in [7, 11) is -0.668. The third-order valence-corrected chi connectivity index (χ3v) is 7.45. The van der Waals surface area contributed by atoms with Crippen LogP contribution in [0.25, 0.3) is 0 Å². The Kier molecular flexibility index (Phi) is 7.37. The van der Waals surface area contributed by atoms with Gasteiger partial charge in [-0.25, -0.2) is 8.42 Å². The highest BCUT2D eigenvalue weighted by Gasteiger charge is 2.22. The van der Waals surface area contributed by atoms with Crippen LogP contribution >= 0.6 is 0 Å². The summed E-state index contributed by atoms with van der Waals surface area (Å²) in [6.45, 7) is 0. The van der Waals surface area contributed by atoms with E-state index in [2.05, 4.69) is 5.32 Å². The molecule has 0 heterocycles. The molecule has 0 aromatic heterocycles. The number of anilines is 1. The molecule has 1 saturated carbocycles. The summed E-state index contributed by atoms with van der Waals surface area (Å²) >= 11 is 0. The first-order valence-electron chi connectivity index (χ1n) is 10.5. The SMILES string of the molecule is COc1ccc(S(=O)(=O)N(C)c2ccc(C(=O)NC3CCCCCCC3)cc2)cc1. The normalized spacial score (nSPS) is 15.7. The molecular weight excluding hydrogens is 400 g/mol. The summed E-state index contributed by atoms with van der Waals surface area (Å²) in [5.41, 5.74) is 1.03. The third-order valence-electron chi connectivity index (χ3n) is 5.65. The lowest BCUT2D eigenvalue weighted by atomic mass is 9.96. The summed E-state index contributed by atoms with van der Waals surface area (Å²) in [6.07, 6.45) is 8.09. The molecule has 0 bridgehead atoms. The van der Waals surface area contributed by atoms with Crippen molar-refractivity contribution in [1.29, 1.82) is 0 Å². The van der Waals surface area contributed by atoms with Gasteiger partial charge in [-0.05, 0) is 61.4 Å². The van der Waals surface area contributed by atoms with E-state index in [4.69, 9.17) is 4.74 Å². The molecule has 0 saturated heterocycles. The molecular formula is C23H30N2O4S. The van der Waals surface area contributed by atoms with Crippen molar-refractivity contribution < 1.29 is 17.9 Å². The van der Waals surface area contributed by atoms with Crippen LogP contribution in [0.2, 0.25) is 0 Å². The standard InChI is InChI=1S/C23H30N2O4S/c1-25(30(27,28)22-16-14-21(29-2)15-17-22)20-12-10-18(11-13-20)23(26)24-19-8-6-4-3-5-7-9-19/h10-17,19H,3-9H2,1-2H3,(H,24,26). The Morgan fingerprint density at radius 1 is 0.933 bits per heavy atom. The van der Waals surface area contributed by atoms with Gasteiger partial charge in [-0.15, -0.1) is 0 Å². The van der Waals surface area contributed by atoms with Crippen molar-refractivity contribution in [1.82, 2.24) is 5.32 Å². The zero-order chi connectivity index (χ0) is 21.6. The predicted molar refractivity (Wildman–Crippen MR) is 119 cm³/mol. The molecule has 1 aliphatic rings. The van der Waals surface area contributed by atoms with Crippen molar-refractivity contribution in [2.45, 2.75) is 55.9 Å². The smallest absolute Gasteiger partial charge is 0.264 e. The lowest BCUT2D eigenvalue weighted by molar-refractivity contribution is 0.0930. The summed E-state index contributed by atoms with van der Waals surface area (Å²) in [6, 6.07) is 13.1. The lowest BCUT2D eigenvalue weighted by Crippen LogP contribution is -2.35. The van der Waals surface area contributed by atoms with E-state index >= 15 is 0 Å². The maximum Gasteiger partial charge on any atom is 0.264 e. The fourth-order valence-corrected chi connectivity index (χ4v) is 4.93. The van der Waals surface area contributed by atoms with E-state index in [9.17, 15) is 13.2 Å². The van der Waals surface area contributed by atoms with Crippen LogP contribution in [0.4, 0.5) is 5.69 Å². The minimum atomic E-state index is -3.70. The molecule has 162 valence electrons. The molecule has 1 aliphatic carbocycles. The Labute approximate surface area is 179 Å². The molecule has 2 aromatic carbocycles. The van der Waals surface area contributed by atoms with Crippen LogP contribution < -0.4 is 14.4 Å². The zero-order valence-electron chi connectivity index (χ0n) is 17.6. The fraction of sp³-hybridized carbons (Fsp3) is 0.435. The highest BCUT2D eigenvalue weighted by Crippen LogP contribution is 2.24. The molecule has 3 rings (SSSR count). The summed E-state index contributed by atoms with van der Waals surface area (Å²) in [5, 5.41) is 3.14. The second-order valence-corrected chi connectivity index (χ2v) is 9.68. The Morgan fingerprint density at radius 3 is 2.07 bits per heavy atom. The van der Waals surface area contributed by atoms with Gasteiger partial charge in [0.2, 0.25) is 0 Å². The molecule has 1 amide bonds. The number of hydrogen-bond acceptors (Lipinski definition) is 4. The van der Waals surface area contributed by atoms with E-state index in [1.54, 1.807) is 36.4 Å². The van der Waals surface area contributed by atoms with Gasteiger partial charge in [0.25, 0.3) is 15.9 Å². The molecule has 0 spiro atoms. The number of methoxy groups -OCH3 is 1. The van der Waals surface area contributed by atoms with Gasteiger partial charge >= 0.3 is 0 Å². The zero-order valence-corrected chi connectivity index (χ0v) is 18.5. The monoisotopic (exact) mass is 430 g/mol. The average Bonchev–Trinajstić information content (AvgIpc) is 2.75. The number of nitrogens with zero attached hydrogens (tertiary/aromatic N) is 1. The van der Waals surface area contributed by atoms with Gasteiger partial charge in [0.15, 0.2) is 0 Å². The predicted octanol–water partition coefficient (Wildman–Crippen LogP) is 4.36. The molecule has 0 aliphatic heterocycles. The molecule has 0 unspecified atom stereocenters. The number of sulfonamides is 1. The summed E-state index contributed by atoms with van der Waals surface area (Å²) in [4.78, 5) is 12.8. The number of benzene rings is 2. The molecule has 2 aromatic rings. The number of rotatable bonds is 6. The van der Waals surface area contributed by atoms with E-state index in [1.807, 2.05) is 0 Å². The highest BCUT2D eigenvalue weighted by molar-refractivity contribution is 7.92. The van der Waals surface area contributed by atoms with Gasteiger partial charge in [0, 0.05) is 18.7 Å². The van der Waals surface area contributed by atoms with Crippen LogP contribution in [0, 0.1) is 0 Å². The first-order valence-corrected chi connectivity index (χ1v) is 11.9. The molecule has 1 N–H and O–H groups in total. The van der Waals surface area contributed by atoms with Crippen LogP contribution in [-0.2, 0) is 10.0 Å². The summed E-state index contributed by atoms with van der Waals surface area (Å²) < 4.78 is 32.1. The minimum Gasteiger partial charge on any atom is -0.497 e. The third kappa shape index (κ3) is 5.33. The van der Waals surface area contributed by atoms with Gasteiger partial charge in [-0.3, -0.25) is 9.10 Å². The number of hydrogen-bond donors (Lipinski definition) is 1. The van der Waals surface area contributed by atoms with Crippen molar-refractivity contribution in [3.05, 3.63) is 54.1 Å². The number of nitrogens with one attached hydrogen (secondary N) is 1. The second kappa shape index (κ2) is 9.98. The first-order chi connectivity index (χ1) is 14.4. The highest BCUT2D eigenvalue weighted by atomic mass is 32.2. The largest absolute Gasteiger partial charge is 0.497 e. The molecule has 30 heavy (non-hydrogen) atoms. The fourth-order valence-electron chi connectivity index (χ4n) is 3.74. The van der Waals surface area contributed by atoms with Gasteiger partial charge in [0.05, 0.1) is 17.7 Å². The first kappa shape index (κ1) is 22.2. The average molecular weight is 431 g/mol. The van der Waals surface area contributed by atoms with Crippen molar-refractivity contribution in [3.63, 3.8) is 0 Å². The molecule has 7 heteroatoms. The molecule has 0 atom stereocenters. The number of ether oxygens (including phenoxy) is 1. The van der Waals surface area contributed by atoms with Crippen LogP contribution in [0.15, 0.2) is 53.4 Å². The maximum absolute atomic E-state index is 12.9. The van der Waals surface area contributed by atoms with E-state index in [1.165, 1.54) is 49.9 Å². The summed E-state index contributed by atoms with van der Waals surface area (Å²) in [5.74, 6) is 0.490. The Hall–Kier alpha value is -2.54. The van der Waals surface area contributed by atoms with Crippen LogP contribution in [-0.4, -0.2) is 34.5 Å². The van der Waals surface area contributed by atoms with E-state index in [-0.39, 0.29) is 16.8 Å². The van der Waals surface area contributed by atoms with E-state index in [0.717, 1.165) is 25.7 Å². The van der Waals surface area contributed by atoms with Crippen LogP contribution in [0.5, 0.6) is 5.75 Å². The molecule has 1 fully saturated rings. The second-order valence-electron chi connectivity index (χ2n) is 7.71. The van der Waals surface area contributed by atoms with Crippen LogP contribution in [0.1, 0.15) is 55.3 Å². The van der Waals surface area contributed by atoms with Gasteiger partial charge in [-0.2, -0.15) is 0 Å². The van der Waals surface area contributed by atoms with Crippen molar-refractivity contribution >= 4 is 21.6 Å².